The number of aryl methyl sites for hydroxylation is 1. The van der Waals surface area contributed by atoms with Crippen molar-refractivity contribution >= 4 is 11.7 Å². The highest BCUT2D eigenvalue weighted by Crippen LogP contribution is 2.12. The molecular weight excluding hydrogens is 326 g/mol. The second kappa shape index (κ2) is 13.2. The molecule has 4 N–H and O–H groups in total. The molecule has 0 radical (unpaired) electrons. The molecule has 0 bridgehead atoms. The van der Waals surface area contributed by atoms with Crippen LogP contribution < -0.4 is 11.1 Å². The molecule has 0 aliphatic heterocycles. The fourth-order valence-corrected chi connectivity index (χ4v) is 2.98. The minimum absolute atomic E-state index is 0.0205. The molecule has 1 atom stereocenters. The van der Waals surface area contributed by atoms with Crippen molar-refractivity contribution < 1.29 is 10.0 Å². The fraction of sp³-hybridized carbons (Fsp3) is 0.619. The number of carbonyl (C=O) groups is 1. The smallest absolute Gasteiger partial charge is 0.251 e. The lowest BCUT2D eigenvalue weighted by Gasteiger charge is -2.15. The Hall–Kier alpha value is -2.04. The highest BCUT2D eigenvalue weighted by molar-refractivity contribution is 5.98. The average molecular weight is 362 g/mol. The maximum atomic E-state index is 12.2. The minimum atomic E-state index is -0.454. The maximum absolute atomic E-state index is 12.2. The van der Waals surface area contributed by atoms with Crippen molar-refractivity contribution in [3.63, 3.8) is 0 Å². The van der Waals surface area contributed by atoms with E-state index in [-0.39, 0.29) is 11.7 Å². The summed E-state index contributed by atoms with van der Waals surface area (Å²) in [4.78, 5) is 12.2. The number of carbonyl (C=O) groups excluding carboxylic acids is 1. The first-order valence-corrected chi connectivity index (χ1v) is 9.99. The van der Waals surface area contributed by atoms with Crippen molar-refractivity contribution in [1.29, 1.82) is 0 Å². The van der Waals surface area contributed by atoms with Crippen LogP contribution >= 0.6 is 0 Å². The molecule has 0 heterocycles. The van der Waals surface area contributed by atoms with E-state index in [1.54, 1.807) is 0 Å². The van der Waals surface area contributed by atoms with Crippen LogP contribution in [0, 0.1) is 0 Å². The number of nitrogens with zero attached hydrogens (tertiary/aromatic N) is 1. The summed E-state index contributed by atoms with van der Waals surface area (Å²) in [6, 6.07) is 7.26. The number of benzene rings is 1. The van der Waals surface area contributed by atoms with E-state index in [1.165, 1.54) is 56.9 Å². The molecule has 1 aromatic rings. The summed E-state index contributed by atoms with van der Waals surface area (Å²) < 4.78 is 0. The lowest BCUT2D eigenvalue weighted by molar-refractivity contribution is 0.0945. The van der Waals surface area contributed by atoms with Gasteiger partial charge in [0, 0.05) is 5.56 Å². The highest BCUT2D eigenvalue weighted by atomic mass is 16.4. The molecule has 0 aliphatic carbocycles. The summed E-state index contributed by atoms with van der Waals surface area (Å²) >= 11 is 0. The zero-order chi connectivity index (χ0) is 19.2. The molecular formula is C21H35N3O2. The molecule has 0 fully saturated rings. The van der Waals surface area contributed by atoms with Gasteiger partial charge in [0.1, 0.15) is 0 Å². The number of hydrogen-bond donors (Lipinski definition) is 3. The van der Waals surface area contributed by atoms with Crippen LogP contribution in [0.1, 0.15) is 87.6 Å². The van der Waals surface area contributed by atoms with Crippen molar-refractivity contribution in [2.75, 3.05) is 0 Å². The molecule has 1 unspecified atom stereocenters. The van der Waals surface area contributed by atoms with Gasteiger partial charge in [0.15, 0.2) is 5.84 Å². The summed E-state index contributed by atoms with van der Waals surface area (Å²) in [5, 5.41) is 14.5. The molecule has 1 rings (SSSR count). The SMILES string of the molecule is CCCCCCCCCCc1ccc(C(=O)NC(CC)/C(N)=N/O)cc1. The number of unbranched alkanes of at least 4 members (excludes halogenated alkanes) is 7. The van der Waals surface area contributed by atoms with Gasteiger partial charge in [-0.1, -0.05) is 76.1 Å². The van der Waals surface area contributed by atoms with E-state index in [9.17, 15) is 4.79 Å². The lowest BCUT2D eigenvalue weighted by atomic mass is 10.0. The normalized spacial score (nSPS) is 12.8. The van der Waals surface area contributed by atoms with Crippen LogP contribution in [0.3, 0.4) is 0 Å². The Morgan fingerprint density at radius 1 is 1.04 bits per heavy atom. The van der Waals surface area contributed by atoms with E-state index >= 15 is 0 Å². The predicted molar refractivity (Wildman–Crippen MR) is 108 cm³/mol. The summed E-state index contributed by atoms with van der Waals surface area (Å²) in [5.41, 5.74) is 7.43. The topological polar surface area (TPSA) is 87.7 Å². The number of oxime groups is 1. The van der Waals surface area contributed by atoms with Gasteiger partial charge in [-0.25, -0.2) is 0 Å². The van der Waals surface area contributed by atoms with Crippen LogP contribution in [-0.2, 0) is 6.42 Å². The van der Waals surface area contributed by atoms with Crippen LogP contribution in [0.4, 0.5) is 0 Å². The Labute approximate surface area is 158 Å². The van der Waals surface area contributed by atoms with Crippen LogP contribution in [-0.4, -0.2) is 23.0 Å². The fourth-order valence-electron chi connectivity index (χ4n) is 2.98. The third-order valence-electron chi connectivity index (χ3n) is 4.72. The van der Waals surface area contributed by atoms with Gasteiger partial charge in [-0.2, -0.15) is 0 Å². The first kappa shape index (κ1) is 22.0. The van der Waals surface area contributed by atoms with Crippen LogP contribution in [0.2, 0.25) is 0 Å². The molecule has 0 spiro atoms. The van der Waals surface area contributed by atoms with Gasteiger partial charge >= 0.3 is 0 Å². The first-order valence-electron chi connectivity index (χ1n) is 9.99. The van der Waals surface area contributed by atoms with E-state index in [4.69, 9.17) is 10.9 Å². The standard InChI is InChI=1S/C21H35N3O2/c1-3-5-6-7-8-9-10-11-12-17-13-15-18(16-14-17)21(25)23-19(4-2)20(22)24-26/h13-16,19,26H,3-12H2,1-2H3,(H2,22,24)(H,23,25). The zero-order valence-corrected chi connectivity index (χ0v) is 16.3. The summed E-state index contributed by atoms with van der Waals surface area (Å²) in [6.45, 7) is 4.12. The number of amides is 1. The van der Waals surface area contributed by atoms with Gasteiger partial charge in [-0.3, -0.25) is 4.79 Å². The molecule has 1 aromatic carbocycles. The molecule has 5 heteroatoms. The Bertz CT molecular complexity index is 541. The van der Waals surface area contributed by atoms with Crippen molar-refractivity contribution in [2.24, 2.45) is 10.9 Å². The second-order valence-electron chi connectivity index (χ2n) is 6.88. The van der Waals surface area contributed by atoms with Crippen molar-refractivity contribution in [3.05, 3.63) is 35.4 Å². The minimum Gasteiger partial charge on any atom is -0.409 e. The van der Waals surface area contributed by atoms with Crippen molar-refractivity contribution in [1.82, 2.24) is 5.32 Å². The van der Waals surface area contributed by atoms with E-state index in [0.717, 1.165) is 6.42 Å². The van der Waals surface area contributed by atoms with Crippen molar-refractivity contribution in [2.45, 2.75) is 84.1 Å². The Kier molecular flexibility index (Phi) is 11.2. The van der Waals surface area contributed by atoms with E-state index < -0.39 is 6.04 Å². The Morgan fingerprint density at radius 3 is 2.15 bits per heavy atom. The second-order valence-corrected chi connectivity index (χ2v) is 6.88. The van der Waals surface area contributed by atoms with E-state index in [0.29, 0.717) is 12.0 Å². The highest BCUT2D eigenvalue weighted by Gasteiger charge is 2.15. The third-order valence-corrected chi connectivity index (χ3v) is 4.72. The largest absolute Gasteiger partial charge is 0.409 e. The van der Waals surface area contributed by atoms with Gasteiger partial charge in [-0.15, -0.1) is 0 Å². The average Bonchev–Trinajstić information content (AvgIpc) is 2.67. The van der Waals surface area contributed by atoms with Crippen LogP contribution in [0.15, 0.2) is 29.4 Å². The van der Waals surface area contributed by atoms with Crippen LogP contribution in [0.25, 0.3) is 0 Å². The zero-order valence-electron chi connectivity index (χ0n) is 16.3. The van der Waals surface area contributed by atoms with E-state index in [1.807, 2.05) is 31.2 Å². The number of nitrogens with two attached hydrogens (primary N) is 1. The summed E-state index contributed by atoms with van der Waals surface area (Å²) in [7, 11) is 0. The summed E-state index contributed by atoms with van der Waals surface area (Å²) in [6.07, 6.45) is 12.1. The number of rotatable bonds is 13. The Morgan fingerprint density at radius 2 is 1.62 bits per heavy atom. The molecule has 0 aromatic heterocycles. The molecule has 1 amide bonds. The van der Waals surface area contributed by atoms with Gasteiger partial charge in [-0.05, 0) is 37.0 Å². The molecule has 26 heavy (non-hydrogen) atoms. The molecule has 0 saturated carbocycles. The monoisotopic (exact) mass is 361 g/mol. The lowest BCUT2D eigenvalue weighted by Crippen LogP contribution is -2.44. The van der Waals surface area contributed by atoms with E-state index in [2.05, 4.69) is 17.4 Å². The summed E-state index contributed by atoms with van der Waals surface area (Å²) in [5.74, 6) is -0.186. The Balaban J connectivity index is 2.33. The molecule has 0 aliphatic rings. The maximum Gasteiger partial charge on any atom is 0.251 e. The molecule has 5 nitrogen and oxygen atoms in total. The van der Waals surface area contributed by atoms with Gasteiger partial charge in [0.25, 0.3) is 5.91 Å². The quantitative estimate of drug-likeness (QED) is 0.157. The first-order chi connectivity index (χ1) is 12.6. The number of hydrogen-bond acceptors (Lipinski definition) is 3. The predicted octanol–water partition coefficient (Wildman–Crippen LogP) is 4.62. The molecule has 146 valence electrons. The third kappa shape index (κ3) is 8.37. The van der Waals surface area contributed by atoms with Crippen molar-refractivity contribution in [3.8, 4) is 0 Å². The van der Waals surface area contributed by atoms with Crippen LogP contribution in [0.5, 0.6) is 0 Å². The number of nitrogens with one attached hydrogen (secondary N) is 1. The molecule has 0 saturated heterocycles. The van der Waals surface area contributed by atoms with Gasteiger partial charge in [0.2, 0.25) is 0 Å². The number of amidine groups is 1. The van der Waals surface area contributed by atoms with Gasteiger partial charge in [0.05, 0.1) is 6.04 Å². The van der Waals surface area contributed by atoms with Gasteiger partial charge < -0.3 is 16.3 Å².